The van der Waals surface area contributed by atoms with Crippen molar-refractivity contribution in [2.24, 2.45) is 28.6 Å². The van der Waals surface area contributed by atoms with Gasteiger partial charge in [0.25, 0.3) is 0 Å². The number of hydrogen-bond donors (Lipinski definition) is 2. The number of fused-ring (bicyclic) bond motifs is 5. The third kappa shape index (κ3) is 4.11. The van der Waals surface area contributed by atoms with Gasteiger partial charge in [-0.05, 0) is 74.6 Å². The molecule has 7 nitrogen and oxygen atoms in total. The minimum absolute atomic E-state index is 0.00898. The highest BCUT2D eigenvalue weighted by Gasteiger charge is 2.68. The first-order chi connectivity index (χ1) is 17.5. The maximum atomic E-state index is 13.4. The Hall–Kier alpha value is -2.64. The Labute approximate surface area is 218 Å². The van der Waals surface area contributed by atoms with Gasteiger partial charge in [0.2, 0.25) is 5.78 Å². The molecule has 0 saturated heterocycles. The van der Waals surface area contributed by atoms with Crippen molar-refractivity contribution in [2.45, 2.75) is 77.4 Å². The number of hydrogen-bond acceptors (Lipinski definition) is 7. The summed E-state index contributed by atoms with van der Waals surface area (Å²) in [6, 6.07) is 5.48. The number of aryl methyl sites for hydroxylation is 1. The van der Waals surface area contributed by atoms with Crippen molar-refractivity contribution in [2.75, 3.05) is 6.61 Å². The van der Waals surface area contributed by atoms with E-state index in [1.165, 1.54) is 0 Å². The van der Waals surface area contributed by atoms with Gasteiger partial charge in [-0.3, -0.25) is 19.4 Å². The predicted molar refractivity (Wildman–Crippen MR) is 136 cm³/mol. The zero-order valence-corrected chi connectivity index (χ0v) is 21.9. The SMILES string of the molecule is CCc1cccc(CC(=O)OCC(=O)[C@@]2(O)CCC3C4CCC5=CC(=O)C=C[C@]5(C)C4[C@@H](O)C[C@@]32C)n1. The van der Waals surface area contributed by atoms with Crippen LogP contribution in [0.4, 0.5) is 0 Å². The van der Waals surface area contributed by atoms with E-state index in [-0.39, 0.29) is 42.8 Å². The molecule has 0 aromatic carbocycles. The Morgan fingerprint density at radius 1 is 1.19 bits per heavy atom. The summed E-state index contributed by atoms with van der Waals surface area (Å²) in [6.07, 6.45) is 8.08. The average molecular weight is 508 g/mol. The molecule has 3 unspecified atom stereocenters. The van der Waals surface area contributed by atoms with Crippen molar-refractivity contribution in [3.8, 4) is 0 Å². The molecule has 1 heterocycles. The van der Waals surface area contributed by atoms with Crippen molar-refractivity contribution < 1.29 is 29.3 Å². The van der Waals surface area contributed by atoms with Crippen LogP contribution >= 0.6 is 0 Å². The topological polar surface area (TPSA) is 114 Å². The lowest BCUT2D eigenvalue weighted by atomic mass is 9.46. The second-order valence-electron chi connectivity index (χ2n) is 11.8. The fraction of sp³-hybridized carbons (Fsp3) is 0.600. The summed E-state index contributed by atoms with van der Waals surface area (Å²) in [5, 5.41) is 23.3. The second kappa shape index (κ2) is 9.28. The lowest BCUT2D eigenvalue weighted by Gasteiger charge is -2.59. The Bertz CT molecular complexity index is 1190. The minimum Gasteiger partial charge on any atom is -0.457 e. The summed E-state index contributed by atoms with van der Waals surface area (Å²) in [7, 11) is 0. The quantitative estimate of drug-likeness (QED) is 0.568. The summed E-state index contributed by atoms with van der Waals surface area (Å²) >= 11 is 0. The molecule has 0 spiro atoms. The van der Waals surface area contributed by atoms with Crippen LogP contribution in [-0.4, -0.2) is 51.0 Å². The van der Waals surface area contributed by atoms with E-state index in [0.29, 0.717) is 12.1 Å². The van der Waals surface area contributed by atoms with Gasteiger partial charge in [0.05, 0.1) is 18.2 Å². The number of nitrogens with zero attached hydrogens (tertiary/aromatic N) is 1. The minimum atomic E-state index is -1.67. The number of allylic oxidation sites excluding steroid dienone is 4. The summed E-state index contributed by atoms with van der Waals surface area (Å²) in [5.74, 6) is -0.968. The monoisotopic (exact) mass is 507 g/mol. The number of Topliss-reactive ketones (excluding diaryl/α,β-unsaturated/α-hetero) is 1. The number of ether oxygens (including phenoxy) is 1. The molecule has 2 N–H and O–H groups in total. The molecule has 37 heavy (non-hydrogen) atoms. The van der Waals surface area contributed by atoms with Crippen LogP contribution in [0.25, 0.3) is 0 Å². The average Bonchev–Trinajstić information content (AvgIpc) is 3.13. The molecule has 7 heteroatoms. The first-order valence-corrected chi connectivity index (χ1v) is 13.5. The predicted octanol–water partition coefficient (Wildman–Crippen LogP) is 3.31. The highest BCUT2D eigenvalue weighted by molar-refractivity contribution is 6.01. The number of esters is 1. The molecule has 1 aromatic rings. The van der Waals surface area contributed by atoms with Crippen LogP contribution in [0.3, 0.4) is 0 Å². The highest BCUT2D eigenvalue weighted by Crippen LogP contribution is 2.67. The number of rotatable bonds is 6. The van der Waals surface area contributed by atoms with Crippen molar-refractivity contribution in [1.29, 1.82) is 0 Å². The smallest absolute Gasteiger partial charge is 0.312 e. The van der Waals surface area contributed by atoms with E-state index in [9.17, 15) is 24.6 Å². The third-order valence-electron chi connectivity index (χ3n) is 10.0. The third-order valence-corrected chi connectivity index (χ3v) is 10.0. The maximum absolute atomic E-state index is 13.4. The number of carbonyl (C=O) groups is 3. The number of aliphatic hydroxyl groups is 2. The van der Waals surface area contributed by atoms with Gasteiger partial charge in [0, 0.05) is 22.4 Å². The van der Waals surface area contributed by atoms with Crippen LogP contribution in [-0.2, 0) is 32.0 Å². The van der Waals surface area contributed by atoms with E-state index < -0.39 is 40.9 Å². The van der Waals surface area contributed by atoms with Gasteiger partial charge in [0.15, 0.2) is 12.4 Å². The van der Waals surface area contributed by atoms with Crippen molar-refractivity contribution in [3.05, 3.63) is 53.4 Å². The lowest BCUT2D eigenvalue weighted by molar-refractivity contribution is -0.181. The number of pyridine rings is 1. The highest BCUT2D eigenvalue weighted by atomic mass is 16.5. The number of aliphatic hydroxyl groups excluding tert-OH is 1. The molecule has 4 aliphatic carbocycles. The van der Waals surface area contributed by atoms with E-state index in [4.69, 9.17) is 4.74 Å². The molecule has 1 aromatic heterocycles. The van der Waals surface area contributed by atoms with E-state index in [1.54, 1.807) is 18.2 Å². The molecule has 4 aliphatic rings. The van der Waals surface area contributed by atoms with E-state index in [1.807, 2.05) is 32.1 Å². The summed E-state index contributed by atoms with van der Waals surface area (Å²) in [5.41, 5.74) is -0.355. The van der Waals surface area contributed by atoms with Gasteiger partial charge in [-0.15, -0.1) is 0 Å². The van der Waals surface area contributed by atoms with Crippen molar-refractivity contribution >= 4 is 17.5 Å². The van der Waals surface area contributed by atoms with Crippen LogP contribution in [0.15, 0.2) is 42.0 Å². The second-order valence-corrected chi connectivity index (χ2v) is 11.8. The Balaban J connectivity index is 1.30. The summed E-state index contributed by atoms with van der Waals surface area (Å²) in [6.45, 7) is 5.50. The normalized spacial score (nSPS) is 38.3. The largest absolute Gasteiger partial charge is 0.457 e. The summed E-state index contributed by atoms with van der Waals surface area (Å²) in [4.78, 5) is 42.3. The van der Waals surface area contributed by atoms with Crippen molar-refractivity contribution in [1.82, 2.24) is 4.98 Å². The molecule has 7 atom stereocenters. The van der Waals surface area contributed by atoms with Gasteiger partial charge >= 0.3 is 5.97 Å². The molecule has 0 aliphatic heterocycles. The van der Waals surface area contributed by atoms with Gasteiger partial charge in [-0.25, -0.2) is 0 Å². The van der Waals surface area contributed by atoms with Crippen LogP contribution in [0.5, 0.6) is 0 Å². The first kappa shape index (κ1) is 26.0. The maximum Gasteiger partial charge on any atom is 0.312 e. The molecule has 3 saturated carbocycles. The van der Waals surface area contributed by atoms with E-state index in [2.05, 4.69) is 11.9 Å². The zero-order chi connectivity index (χ0) is 26.6. The summed E-state index contributed by atoms with van der Waals surface area (Å²) < 4.78 is 5.31. The van der Waals surface area contributed by atoms with Gasteiger partial charge in [-0.1, -0.05) is 38.5 Å². The Kier molecular flexibility index (Phi) is 6.52. The van der Waals surface area contributed by atoms with Crippen LogP contribution in [0.1, 0.15) is 64.3 Å². The van der Waals surface area contributed by atoms with Crippen LogP contribution in [0.2, 0.25) is 0 Å². The molecule has 0 amide bonds. The first-order valence-electron chi connectivity index (χ1n) is 13.5. The molecular formula is C30H37NO6. The van der Waals surface area contributed by atoms with E-state index in [0.717, 1.165) is 30.5 Å². The zero-order valence-electron chi connectivity index (χ0n) is 21.9. The Morgan fingerprint density at radius 3 is 2.70 bits per heavy atom. The van der Waals surface area contributed by atoms with Crippen LogP contribution < -0.4 is 0 Å². The molecule has 0 radical (unpaired) electrons. The Morgan fingerprint density at radius 2 is 1.95 bits per heavy atom. The van der Waals surface area contributed by atoms with Crippen LogP contribution in [0, 0.1) is 28.6 Å². The van der Waals surface area contributed by atoms with Gasteiger partial charge in [-0.2, -0.15) is 0 Å². The number of ketones is 2. The molecule has 5 rings (SSSR count). The fourth-order valence-corrected chi connectivity index (χ4v) is 8.08. The standard InChI is InChI=1S/C30H37NO6/c1-4-19-6-5-7-20(31-19)15-26(35)37-17-25(34)30(36)13-11-23-22-9-8-18-14-21(32)10-12-28(18,2)27(22)24(33)16-29(23,30)3/h5-7,10,12,14,22-24,27,33,36H,4,8-9,11,13,15-17H2,1-3H3/t22?,23?,24-,27?,28-,29-,30-/m0/s1. The molecule has 3 fully saturated rings. The molecule has 198 valence electrons. The van der Waals surface area contributed by atoms with E-state index >= 15 is 0 Å². The molecule has 0 bridgehead atoms. The van der Waals surface area contributed by atoms with Gasteiger partial charge < -0.3 is 14.9 Å². The lowest BCUT2D eigenvalue weighted by Crippen LogP contribution is -2.61. The van der Waals surface area contributed by atoms with Gasteiger partial charge in [0.1, 0.15) is 5.60 Å². The number of aromatic nitrogens is 1. The van der Waals surface area contributed by atoms with Crippen molar-refractivity contribution in [3.63, 3.8) is 0 Å². The fourth-order valence-electron chi connectivity index (χ4n) is 8.08. The number of carbonyl (C=O) groups excluding carboxylic acids is 3. The molecular weight excluding hydrogens is 470 g/mol.